The van der Waals surface area contributed by atoms with Gasteiger partial charge in [0.15, 0.2) is 0 Å². The van der Waals surface area contributed by atoms with E-state index >= 15 is 0 Å². The Kier molecular flexibility index (Phi) is 5.11. The zero-order valence-corrected chi connectivity index (χ0v) is 13.7. The number of amidine groups is 1. The summed E-state index contributed by atoms with van der Waals surface area (Å²) in [4.78, 5) is 18.7. The number of hydrogen-bond acceptors (Lipinski definition) is 3. The Bertz CT molecular complexity index is 701. The van der Waals surface area contributed by atoms with Gasteiger partial charge in [-0.15, -0.1) is 0 Å². The molecule has 24 heavy (non-hydrogen) atoms. The van der Waals surface area contributed by atoms with Gasteiger partial charge in [0.25, 0.3) is 0 Å². The second kappa shape index (κ2) is 7.64. The van der Waals surface area contributed by atoms with Crippen molar-refractivity contribution in [3.8, 4) is 0 Å². The zero-order valence-electron chi connectivity index (χ0n) is 13.7. The van der Waals surface area contributed by atoms with Crippen LogP contribution in [0.2, 0.25) is 0 Å². The molecular formula is C19H21N3O2. The van der Waals surface area contributed by atoms with Crippen LogP contribution >= 0.6 is 0 Å². The Labute approximate surface area is 142 Å². The summed E-state index contributed by atoms with van der Waals surface area (Å²) in [6.45, 7) is 3.04. The largest absolute Gasteiger partial charge is 0.464 e. The summed E-state index contributed by atoms with van der Waals surface area (Å²) in [6.07, 6.45) is 0.784. The summed E-state index contributed by atoms with van der Waals surface area (Å²) in [5.74, 6) is 0. The normalized spacial score (nSPS) is 19.0. The Balaban J connectivity index is 1.74. The first-order valence-electron chi connectivity index (χ1n) is 8.11. The highest BCUT2D eigenvalue weighted by atomic mass is 16.5. The van der Waals surface area contributed by atoms with Gasteiger partial charge < -0.3 is 10.1 Å². The van der Waals surface area contributed by atoms with Crippen LogP contribution in [0.3, 0.4) is 0 Å². The van der Waals surface area contributed by atoms with Crippen molar-refractivity contribution in [2.75, 3.05) is 6.61 Å². The molecule has 1 saturated heterocycles. The minimum absolute atomic E-state index is 0.0389. The molecule has 1 N–H and O–H groups in total. The molecule has 0 aromatic heterocycles. The molecule has 1 fully saturated rings. The van der Waals surface area contributed by atoms with Crippen molar-refractivity contribution in [3.63, 3.8) is 0 Å². The van der Waals surface area contributed by atoms with Gasteiger partial charge in [0, 0.05) is 19.0 Å². The molecule has 2 aromatic rings. The smallest absolute Gasteiger partial charge is 0.326 e. The monoisotopic (exact) mass is 323 g/mol. The molecule has 0 radical (unpaired) electrons. The maximum atomic E-state index is 12.6. The van der Waals surface area contributed by atoms with E-state index in [1.165, 1.54) is 0 Å². The van der Waals surface area contributed by atoms with Crippen LogP contribution in [0.4, 0.5) is 10.5 Å². The van der Waals surface area contributed by atoms with E-state index in [9.17, 15) is 4.79 Å². The van der Waals surface area contributed by atoms with E-state index in [-0.39, 0.29) is 12.1 Å². The predicted molar refractivity (Wildman–Crippen MR) is 94.1 cm³/mol. The van der Waals surface area contributed by atoms with E-state index in [2.05, 4.69) is 10.3 Å². The topological polar surface area (TPSA) is 53.9 Å². The fourth-order valence-corrected chi connectivity index (χ4v) is 2.55. The van der Waals surface area contributed by atoms with E-state index < -0.39 is 0 Å². The Morgan fingerprint density at radius 2 is 1.83 bits per heavy atom. The molecule has 0 bridgehead atoms. The van der Waals surface area contributed by atoms with E-state index in [4.69, 9.17) is 4.74 Å². The highest BCUT2D eigenvalue weighted by Crippen LogP contribution is 2.18. The Morgan fingerprint density at radius 1 is 1.17 bits per heavy atom. The molecule has 5 heteroatoms. The number of aliphatic imine (C=N–C) groups is 1. The van der Waals surface area contributed by atoms with E-state index in [0.717, 1.165) is 17.7 Å². The van der Waals surface area contributed by atoms with Crippen LogP contribution in [-0.4, -0.2) is 29.6 Å². The number of carbonyl (C=O) groups is 1. The number of urea groups is 1. The number of benzene rings is 2. The maximum Gasteiger partial charge on any atom is 0.326 e. The fourth-order valence-electron chi connectivity index (χ4n) is 2.55. The van der Waals surface area contributed by atoms with E-state index in [1.54, 1.807) is 4.90 Å². The van der Waals surface area contributed by atoms with Crippen molar-refractivity contribution in [2.45, 2.75) is 25.9 Å². The third-order valence-electron chi connectivity index (χ3n) is 3.90. The average Bonchev–Trinajstić information content (AvgIpc) is 2.62. The number of rotatable bonds is 3. The Morgan fingerprint density at radius 3 is 2.54 bits per heavy atom. The molecule has 124 valence electrons. The lowest BCUT2D eigenvalue weighted by Gasteiger charge is -2.33. The van der Waals surface area contributed by atoms with Gasteiger partial charge in [0.05, 0.1) is 12.3 Å². The molecule has 3 rings (SSSR count). The molecule has 0 aliphatic carbocycles. The molecule has 1 atom stereocenters. The number of amides is 2. The lowest BCUT2D eigenvalue weighted by molar-refractivity contribution is 0.139. The Hall–Kier alpha value is -2.82. The van der Waals surface area contributed by atoms with Crippen LogP contribution in [0.15, 0.2) is 65.7 Å². The SMILES string of the molecule is CC1CCOC(=Nc2ccccc2)N1C(=O)NCc1ccccc1. The number of ether oxygens (including phenoxy) is 1. The minimum Gasteiger partial charge on any atom is -0.464 e. The summed E-state index contributed by atoms with van der Waals surface area (Å²) < 4.78 is 5.65. The first-order chi connectivity index (χ1) is 11.7. The zero-order chi connectivity index (χ0) is 16.8. The summed E-state index contributed by atoms with van der Waals surface area (Å²) in [5.41, 5.74) is 1.82. The highest BCUT2D eigenvalue weighted by molar-refractivity contribution is 5.95. The lowest BCUT2D eigenvalue weighted by atomic mass is 10.2. The second-order valence-corrected chi connectivity index (χ2v) is 5.73. The van der Waals surface area contributed by atoms with Crippen molar-refractivity contribution < 1.29 is 9.53 Å². The number of hydrogen-bond donors (Lipinski definition) is 1. The van der Waals surface area contributed by atoms with Gasteiger partial charge in [0.2, 0.25) is 0 Å². The van der Waals surface area contributed by atoms with Crippen LogP contribution in [0.25, 0.3) is 0 Å². The maximum absolute atomic E-state index is 12.6. The molecule has 5 nitrogen and oxygen atoms in total. The summed E-state index contributed by atoms with van der Waals surface area (Å²) in [7, 11) is 0. The van der Waals surface area contributed by atoms with Crippen LogP contribution in [0.5, 0.6) is 0 Å². The predicted octanol–water partition coefficient (Wildman–Crippen LogP) is 3.69. The lowest BCUT2D eigenvalue weighted by Crippen LogP contribution is -2.52. The third-order valence-corrected chi connectivity index (χ3v) is 3.90. The molecule has 2 amide bonds. The first-order valence-corrected chi connectivity index (χ1v) is 8.11. The van der Waals surface area contributed by atoms with Gasteiger partial charge in [-0.3, -0.25) is 0 Å². The van der Waals surface area contributed by atoms with Gasteiger partial charge in [0.1, 0.15) is 0 Å². The van der Waals surface area contributed by atoms with E-state index in [0.29, 0.717) is 19.2 Å². The standard InChI is InChI=1S/C19H21N3O2/c1-15-12-13-24-19(21-17-10-6-3-7-11-17)22(15)18(23)20-14-16-8-4-2-5-9-16/h2-11,15H,12-14H2,1H3,(H,20,23). The molecule has 0 saturated carbocycles. The van der Waals surface area contributed by atoms with Crippen molar-refractivity contribution in [1.29, 1.82) is 0 Å². The van der Waals surface area contributed by atoms with Crippen molar-refractivity contribution in [1.82, 2.24) is 10.2 Å². The first kappa shape index (κ1) is 16.1. The number of nitrogens with zero attached hydrogens (tertiary/aromatic N) is 2. The highest BCUT2D eigenvalue weighted by Gasteiger charge is 2.30. The van der Waals surface area contributed by atoms with Gasteiger partial charge in [-0.05, 0) is 24.6 Å². The van der Waals surface area contributed by atoms with Crippen molar-refractivity contribution in [3.05, 3.63) is 66.2 Å². The van der Waals surface area contributed by atoms with Crippen molar-refractivity contribution in [2.24, 2.45) is 4.99 Å². The molecular weight excluding hydrogens is 302 g/mol. The molecule has 1 heterocycles. The third kappa shape index (κ3) is 3.93. The number of para-hydroxylation sites is 1. The quantitative estimate of drug-likeness (QED) is 0.936. The van der Waals surface area contributed by atoms with Crippen molar-refractivity contribution >= 4 is 17.7 Å². The molecule has 2 aromatic carbocycles. The number of carbonyl (C=O) groups excluding carboxylic acids is 1. The summed E-state index contributed by atoms with van der Waals surface area (Å²) in [6, 6.07) is 19.5. The molecule has 1 aliphatic heterocycles. The van der Waals surface area contributed by atoms with Gasteiger partial charge in [-0.1, -0.05) is 48.5 Å². The minimum atomic E-state index is -0.194. The van der Waals surface area contributed by atoms with Gasteiger partial charge in [-0.2, -0.15) is 4.99 Å². The molecule has 0 spiro atoms. The average molecular weight is 323 g/mol. The van der Waals surface area contributed by atoms with Gasteiger partial charge >= 0.3 is 12.1 Å². The second-order valence-electron chi connectivity index (χ2n) is 5.73. The van der Waals surface area contributed by atoms with Gasteiger partial charge in [-0.25, -0.2) is 9.69 Å². The van der Waals surface area contributed by atoms with Crippen LogP contribution in [0.1, 0.15) is 18.9 Å². The molecule has 1 unspecified atom stereocenters. The van der Waals surface area contributed by atoms with Crippen LogP contribution < -0.4 is 5.32 Å². The van der Waals surface area contributed by atoms with Crippen LogP contribution in [0, 0.1) is 0 Å². The summed E-state index contributed by atoms with van der Waals surface area (Å²) >= 11 is 0. The van der Waals surface area contributed by atoms with Crippen LogP contribution in [-0.2, 0) is 11.3 Å². The number of nitrogens with one attached hydrogen (secondary N) is 1. The fraction of sp³-hybridized carbons (Fsp3) is 0.263. The molecule has 1 aliphatic rings. The van der Waals surface area contributed by atoms with E-state index in [1.807, 2.05) is 67.6 Å². The summed E-state index contributed by atoms with van der Waals surface area (Å²) in [5, 5.41) is 2.94.